The molecule has 132 valence electrons. The van der Waals surface area contributed by atoms with Crippen molar-refractivity contribution >= 4 is 24.8 Å². The van der Waals surface area contributed by atoms with Gasteiger partial charge in [0.15, 0.2) is 0 Å². The molecule has 0 aliphatic carbocycles. The maximum atomic E-state index is 11.0. The van der Waals surface area contributed by atoms with Crippen LogP contribution in [0.1, 0.15) is 23.3 Å². The molecule has 0 spiro atoms. The molecule has 2 atom stereocenters. The lowest BCUT2D eigenvalue weighted by molar-refractivity contribution is 0.0214. The van der Waals surface area contributed by atoms with E-state index in [9.17, 15) is 5.11 Å². The Hall–Kier alpha value is -1.10. The van der Waals surface area contributed by atoms with E-state index in [1.807, 2.05) is 36.4 Å². The predicted octanol–water partition coefficient (Wildman–Crippen LogP) is 3.55. The fraction of sp³-hybridized carbons (Fsp3) is 0.368. The summed E-state index contributed by atoms with van der Waals surface area (Å²) in [5, 5.41) is 11.0. The Morgan fingerprint density at radius 1 is 0.750 bits per heavy atom. The van der Waals surface area contributed by atoms with Gasteiger partial charge in [-0.25, -0.2) is 0 Å². The van der Waals surface area contributed by atoms with Crippen LogP contribution in [0.2, 0.25) is 0 Å². The van der Waals surface area contributed by atoms with Crippen LogP contribution >= 0.6 is 24.8 Å². The minimum Gasteiger partial charge on any atom is -0.386 e. The van der Waals surface area contributed by atoms with Gasteiger partial charge in [-0.15, -0.1) is 24.8 Å². The van der Waals surface area contributed by atoms with Crippen molar-refractivity contribution in [3.05, 3.63) is 71.8 Å². The Morgan fingerprint density at radius 3 is 1.71 bits per heavy atom. The minimum absolute atomic E-state index is 0. The van der Waals surface area contributed by atoms with Crippen LogP contribution in [0, 0.1) is 0 Å². The second-order valence-electron chi connectivity index (χ2n) is 6.05. The molecule has 0 saturated carbocycles. The first kappa shape index (κ1) is 20.9. The second kappa shape index (κ2) is 10.0. The van der Waals surface area contributed by atoms with E-state index in [2.05, 4.69) is 41.1 Å². The van der Waals surface area contributed by atoms with Crippen LogP contribution in [0.4, 0.5) is 0 Å². The number of aliphatic hydroxyl groups excluding tert-OH is 1. The predicted molar refractivity (Wildman–Crippen MR) is 104 cm³/mol. The molecule has 1 N–H and O–H groups in total. The number of nitrogens with zero attached hydrogens (tertiary/aromatic N) is 2. The number of rotatable bonds is 4. The third-order valence-electron chi connectivity index (χ3n) is 4.51. The van der Waals surface area contributed by atoms with E-state index in [0.717, 1.165) is 31.7 Å². The van der Waals surface area contributed by atoms with E-state index >= 15 is 0 Å². The standard InChI is InChI=1S/C19H24N2O.2ClH/c1-20-12-14-21(15-13-20)18(16-8-4-2-5-9-16)19(22)17-10-6-3-7-11-17;;/h2-11,18-19,22H,12-15H2,1H3;2*1H. The smallest absolute Gasteiger partial charge is 0.0986 e. The Balaban J connectivity index is 0.00000144. The van der Waals surface area contributed by atoms with Crippen LogP contribution in [-0.2, 0) is 0 Å². The molecule has 2 aromatic carbocycles. The highest BCUT2D eigenvalue weighted by Gasteiger charge is 2.30. The summed E-state index contributed by atoms with van der Waals surface area (Å²) in [5.74, 6) is 0. The molecule has 5 heteroatoms. The van der Waals surface area contributed by atoms with Gasteiger partial charge in [0.25, 0.3) is 0 Å². The Kier molecular flexibility index (Phi) is 8.74. The molecule has 3 rings (SSSR count). The molecule has 2 aromatic rings. The van der Waals surface area contributed by atoms with Gasteiger partial charge in [0.05, 0.1) is 12.1 Å². The largest absolute Gasteiger partial charge is 0.386 e. The summed E-state index contributed by atoms with van der Waals surface area (Å²) < 4.78 is 0. The van der Waals surface area contributed by atoms with Crippen LogP contribution in [0.25, 0.3) is 0 Å². The molecule has 1 saturated heterocycles. The van der Waals surface area contributed by atoms with Gasteiger partial charge >= 0.3 is 0 Å². The fourth-order valence-corrected chi connectivity index (χ4v) is 3.18. The van der Waals surface area contributed by atoms with Crippen molar-refractivity contribution in [3.63, 3.8) is 0 Å². The number of aliphatic hydroxyl groups is 1. The summed E-state index contributed by atoms with van der Waals surface area (Å²) in [4.78, 5) is 4.75. The molecule has 24 heavy (non-hydrogen) atoms. The molecule has 1 aliphatic heterocycles. The van der Waals surface area contributed by atoms with E-state index in [-0.39, 0.29) is 30.9 Å². The maximum absolute atomic E-state index is 11.0. The van der Waals surface area contributed by atoms with E-state index < -0.39 is 6.10 Å². The van der Waals surface area contributed by atoms with E-state index in [4.69, 9.17) is 0 Å². The van der Waals surface area contributed by atoms with Gasteiger partial charge in [-0.1, -0.05) is 60.7 Å². The summed E-state index contributed by atoms with van der Waals surface area (Å²) in [5.41, 5.74) is 2.17. The quantitative estimate of drug-likeness (QED) is 0.893. The monoisotopic (exact) mass is 368 g/mol. The molecular formula is C19H26Cl2N2O. The summed E-state index contributed by atoms with van der Waals surface area (Å²) in [6, 6.07) is 20.4. The molecule has 0 radical (unpaired) electrons. The van der Waals surface area contributed by atoms with Gasteiger partial charge in [0, 0.05) is 26.2 Å². The van der Waals surface area contributed by atoms with Crippen molar-refractivity contribution in [2.24, 2.45) is 0 Å². The number of halogens is 2. The van der Waals surface area contributed by atoms with Gasteiger partial charge in [-0.2, -0.15) is 0 Å². The first-order valence-corrected chi connectivity index (χ1v) is 7.96. The van der Waals surface area contributed by atoms with Gasteiger partial charge in [-0.05, 0) is 18.2 Å². The van der Waals surface area contributed by atoms with Crippen molar-refractivity contribution < 1.29 is 5.11 Å². The molecular weight excluding hydrogens is 343 g/mol. The molecule has 1 fully saturated rings. The fourth-order valence-electron chi connectivity index (χ4n) is 3.18. The Morgan fingerprint density at radius 2 is 1.21 bits per heavy atom. The number of piperazine rings is 1. The number of hydrogen-bond acceptors (Lipinski definition) is 3. The van der Waals surface area contributed by atoms with Crippen LogP contribution in [-0.4, -0.2) is 48.1 Å². The van der Waals surface area contributed by atoms with Gasteiger partial charge < -0.3 is 10.0 Å². The SMILES string of the molecule is CN1CCN(C(c2ccccc2)C(O)c2ccccc2)CC1.Cl.Cl. The second-order valence-corrected chi connectivity index (χ2v) is 6.05. The van der Waals surface area contributed by atoms with E-state index in [1.165, 1.54) is 5.56 Å². The molecule has 2 unspecified atom stereocenters. The number of hydrogen-bond donors (Lipinski definition) is 1. The lowest BCUT2D eigenvalue weighted by atomic mass is 9.94. The maximum Gasteiger partial charge on any atom is 0.0986 e. The summed E-state index contributed by atoms with van der Waals surface area (Å²) in [6.45, 7) is 4.07. The minimum atomic E-state index is -0.507. The van der Waals surface area contributed by atoms with Crippen LogP contribution in [0.3, 0.4) is 0 Å². The van der Waals surface area contributed by atoms with Crippen molar-refractivity contribution in [1.82, 2.24) is 9.80 Å². The number of benzene rings is 2. The lowest BCUT2D eigenvalue weighted by Gasteiger charge is -2.40. The highest BCUT2D eigenvalue weighted by Crippen LogP contribution is 2.34. The molecule has 0 aromatic heterocycles. The third-order valence-corrected chi connectivity index (χ3v) is 4.51. The van der Waals surface area contributed by atoms with Crippen molar-refractivity contribution in [1.29, 1.82) is 0 Å². The highest BCUT2D eigenvalue weighted by molar-refractivity contribution is 5.85. The van der Waals surface area contributed by atoms with E-state index in [1.54, 1.807) is 0 Å². The zero-order valence-electron chi connectivity index (χ0n) is 13.9. The topological polar surface area (TPSA) is 26.7 Å². The van der Waals surface area contributed by atoms with Gasteiger partial charge in [0.2, 0.25) is 0 Å². The zero-order chi connectivity index (χ0) is 15.4. The van der Waals surface area contributed by atoms with E-state index in [0.29, 0.717) is 0 Å². The zero-order valence-corrected chi connectivity index (χ0v) is 15.5. The highest BCUT2D eigenvalue weighted by atomic mass is 35.5. The van der Waals surface area contributed by atoms with Crippen LogP contribution < -0.4 is 0 Å². The van der Waals surface area contributed by atoms with Crippen molar-refractivity contribution in [3.8, 4) is 0 Å². The first-order chi connectivity index (χ1) is 10.8. The van der Waals surface area contributed by atoms with Crippen molar-refractivity contribution in [2.75, 3.05) is 33.2 Å². The lowest BCUT2D eigenvalue weighted by Crippen LogP contribution is -2.47. The third kappa shape index (κ3) is 4.95. The summed E-state index contributed by atoms with van der Waals surface area (Å²) >= 11 is 0. The Bertz CT molecular complexity index is 574. The summed E-state index contributed by atoms with van der Waals surface area (Å²) in [7, 11) is 2.16. The normalized spacial score (nSPS) is 18.1. The molecule has 3 nitrogen and oxygen atoms in total. The van der Waals surface area contributed by atoms with Gasteiger partial charge in [0.1, 0.15) is 0 Å². The molecule has 1 heterocycles. The van der Waals surface area contributed by atoms with Crippen molar-refractivity contribution in [2.45, 2.75) is 12.1 Å². The van der Waals surface area contributed by atoms with Gasteiger partial charge in [-0.3, -0.25) is 4.90 Å². The van der Waals surface area contributed by atoms with Crippen LogP contribution in [0.5, 0.6) is 0 Å². The Labute approximate surface area is 157 Å². The first-order valence-electron chi connectivity index (χ1n) is 7.96. The molecule has 1 aliphatic rings. The molecule has 0 amide bonds. The average Bonchev–Trinajstić information content (AvgIpc) is 2.58. The summed E-state index contributed by atoms with van der Waals surface area (Å²) in [6.07, 6.45) is -0.507. The number of likely N-dealkylation sites (N-methyl/N-ethyl adjacent to an activating group) is 1. The molecule has 0 bridgehead atoms. The average molecular weight is 369 g/mol. The van der Waals surface area contributed by atoms with Crippen LogP contribution in [0.15, 0.2) is 60.7 Å².